The fourth-order valence-corrected chi connectivity index (χ4v) is 10.8. The Bertz CT molecular complexity index is 3020. The van der Waals surface area contributed by atoms with Crippen LogP contribution in [0.5, 0.6) is 11.5 Å². The molecule has 290 valence electrons. The Hall–Kier alpha value is -6.27. The normalized spacial score (nSPS) is 12.6. The van der Waals surface area contributed by atoms with Gasteiger partial charge in [-0.1, -0.05) is 110 Å². The van der Waals surface area contributed by atoms with Crippen LogP contribution in [0.25, 0.3) is 43.4 Å². The zero-order valence-electron chi connectivity index (χ0n) is 34.5. The second-order valence-electron chi connectivity index (χ2n) is 17.4. The summed E-state index contributed by atoms with van der Waals surface area (Å²) in [6, 6.07) is 66.7. The van der Waals surface area contributed by atoms with Gasteiger partial charge in [0.25, 0.3) is 0 Å². The molecule has 3 nitrogen and oxygen atoms in total. The molecule has 1 aliphatic rings. The number of ether oxygens (including phenoxy) is 1. The molecule has 59 heavy (non-hydrogen) atoms. The Kier molecular flexibility index (Phi) is 8.93. The van der Waals surface area contributed by atoms with Gasteiger partial charge in [0.2, 0.25) is 0 Å². The van der Waals surface area contributed by atoms with Crippen molar-refractivity contribution >= 4 is 89.7 Å². The molecule has 0 aliphatic carbocycles. The first-order chi connectivity index (χ1) is 28.5. The molecule has 5 heteroatoms. The van der Waals surface area contributed by atoms with Crippen molar-refractivity contribution in [2.75, 3.05) is 28.6 Å². The van der Waals surface area contributed by atoms with Crippen LogP contribution in [-0.2, 0) is 0 Å². The van der Waals surface area contributed by atoms with Crippen molar-refractivity contribution in [3.05, 3.63) is 182 Å². The molecule has 0 saturated carbocycles. The number of nitrogens with zero attached hydrogens (tertiary/aromatic N) is 2. The molecule has 0 aromatic heterocycles. The van der Waals surface area contributed by atoms with Gasteiger partial charge in [-0.3, -0.25) is 0 Å². The van der Waals surface area contributed by atoms with E-state index in [9.17, 15) is 0 Å². The van der Waals surface area contributed by atoms with Gasteiger partial charge in [-0.25, -0.2) is 10.0 Å². The van der Waals surface area contributed by atoms with Crippen molar-refractivity contribution in [1.82, 2.24) is 0 Å². The average molecular weight is 801 g/mol. The van der Waals surface area contributed by atoms with E-state index in [1.807, 2.05) is 0 Å². The maximum absolute atomic E-state index is 6.94. The topological polar surface area (TPSA) is 15.7 Å². The Morgan fingerprint density at radius 2 is 0.949 bits per heavy atom. The third-order valence-electron chi connectivity index (χ3n) is 11.7. The molecule has 0 fully saturated rings. The van der Waals surface area contributed by atoms with Crippen LogP contribution < -0.4 is 19.7 Å². The van der Waals surface area contributed by atoms with E-state index in [1.54, 1.807) is 0 Å². The van der Waals surface area contributed by atoms with Gasteiger partial charge in [0.05, 0.1) is 13.8 Å². The summed E-state index contributed by atoms with van der Waals surface area (Å²) in [5.41, 5.74) is 8.99. The molecule has 9 aromatic rings. The summed E-state index contributed by atoms with van der Waals surface area (Å²) < 4.78 is 6.94. The van der Waals surface area contributed by atoms with Crippen LogP contribution in [0.2, 0.25) is 19.6 Å². The monoisotopic (exact) mass is 800 g/mol. The molecule has 0 spiro atoms. The van der Waals surface area contributed by atoms with Crippen LogP contribution in [0.4, 0.5) is 34.1 Å². The second-order valence-corrected chi connectivity index (χ2v) is 26.6. The lowest BCUT2D eigenvalue weighted by molar-refractivity contribution is 0.487. The van der Waals surface area contributed by atoms with E-state index >= 15 is 0 Å². The van der Waals surface area contributed by atoms with Crippen LogP contribution in [0.15, 0.2) is 187 Å². The van der Waals surface area contributed by atoms with Crippen LogP contribution >= 0.6 is 10.0 Å². The SMILES string of the molecule is C[Si](C)(C)c1ccc(N(c2ccccc2)c2cc3c4cccc5c4c(cc3c3ccccc23)-c2ccc(N(c3ccccc3)c3ccc(S(C)(C)C)cc3)cc2O5)cc1. The third kappa shape index (κ3) is 6.55. The minimum Gasteiger partial charge on any atom is -0.456 e. The van der Waals surface area contributed by atoms with Crippen LogP contribution in [-0.4, -0.2) is 26.8 Å². The van der Waals surface area contributed by atoms with Crippen molar-refractivity contribution in [2.24, 2.45) is 0 Å². The average Bonchev–Trinajstić information content (AvgIpc) is 3.24. The summed E-state index contributed by atoms with van der Waals surface area (Å²) in [4.78, 5) is 6.15. The van der Waals surface area contributed by atoms with Crippen molar-refractivity contribution in [2.45, 2.75) is 24.5 Å². The first kappa shape index (κ1) is 37.0. The molecule has 9 aromatic carbocycles. The van der Waals surface area contributed by atoms with E-state index in [0.717, 1.165) is 56.6 Å². The Labute approximate surface area is 350 Å². The zero-order chi connectivity index (χ0) is 40.5. The summed E-state index contributed by atoms with van der Waals surface area (Å²) in [5, 5.41) is 8.66. The molecule has 0 amide bonds. The molecular formula is C54H48N2OSSi. The lowest BCUT2D eigenvalue weighted by Crippen LogP contribution is -2.37. The molecule has 0 bridgehead atoms. The van der Waals surface area contributed by atoms with E-state index in [4.69, 9.17) is 4.74 Å². The highest BCUT2D eigenvalue weighted by Crippen LogP contribution is 2.53. The Morgan fingerprint density at radius 1 is 0.407 bits per heavy atom. The van der Waals surface area contributed by atoms with Crippen molar-refractivity contribution in [3.8, 4) is 22.6 Å². The smallest absolute Gasteiger partial charge is 0.137 e. The minimum absolute atomic E-state index is 0.842. The Balaban J connectivity index is 1.16. The molecule has 0 radical (unpaired) electrons. The predicted molar refractivity (Wildman–Crippen MR) is 260 cm³/mol. The number of benzene rings is 9. The van der Waals surface area contributed by atoms with Gasteiger partial charge >= 0.3 is 0 Å². The summed E-state index contributed by atoms with van der Waals surface area (Å²) >= 11 is 0. The minimum atomic E-state index is -1.47. The van der Waals surface area contributed by atoms with Crippen molar-refractivity contribution in [3.63, 3.8) is 0 Å². The van der Waals surface area contributed by atoms with Gasteiger partial charge in [0.15, 0.2) is 0 Å². The predicted octanol–water partition coefficient (Wildman–Crippen LogP) is 15.5. The number of anilines is 6. The van der Waals surface area contributed by atoms with Crippen LogP contribution in [0.1, 0.15) is 0 Å². The Morgan fingerprint density at radius 3 is 1.61 bits per heavy atom. The molecule has 1 aliphatic heterocycles. The molecule has 0 saturated heterocycles. The fraction of sp³-hybridized carbons (Fsp3) is 0.111. The van der Waals surface area contributed by atoms with Gasteiger partial charge < -0.3 is 14.5 Å². The lowest BCUT2D eigenvalue weighted by atomic mass is 9.88. The first-order valence-electron chi connectivity index (χ1n) is 20.4. The molecule has 0 N–H and O–H groups in total. The van der Waals surface area contributed by atoms with Gasteiger partial charge in [0, 0.05) is 50.8 Å². The molecule has 1 heterocycles. The van der Waals surface area contributed by atoms with E-state index in [2.05, 4.69) is 230 Å². The highest BCUT2D eigenvalue weighted by atomic mass is 32.3. The maximum atomic E-state index is 6.94. The lowest BCUT2D eigenvalue weighted by Gasteiger charge is -2.30. The molecule has 10 rings (SSSR count). The highest BCUT2D eigenvalue weighted by molar-refractivity contribution is 8.32. The molecular weight excluding hydrogens is 753 g/mol. The van der Waals surface area contributed by atoms with E-state index in [1.165, 1.54) is 42.6 Å². The summed E-state index contributed by atoms with van der Waals surface area (Å²) in [7, 11) is -2.32. The highest BCUT2D eigenvalue weighted by Gasteiger charge is 2.26. The molecule has 0 unspecified atom stereocenters. The van der Waals surface area contributed by atoms with Crippen LogP contribution in [0.3, 0.4) is 0 Å². The van der Waals surface area contributed by atoms with Gasteiger partial charge in [-0.2, -0.15) is 0 Å². The summed E-state index contributed by atoms with van der Waals surface area (Å²) in [6.45, 7) is 7.22. The van der Waals surface area contributed by atoms with E-state index in [0.29, 0.717) is 0 Å². The quantitative estimate of drug-likeness (QED) is 0.112. The maximum Gasteiger partial charge on any atom is 0.137 e. The first-order valence-corrected chi connectivity index (χ1v) is 26.7. The van der Waals surface area contributed by atoms with Gasteiger partial charge in [-0.05, 0) is 142 Å². The second kappa shape index (κ2) is 14.2. The number of fused-ring (bicyclic) bond motifs is 6. The van der Waals surface area contributed by atoms with E-state index in [-0.39, 0.29) is 0 Å². The zero-order valence-corrected chi connectivity index (χ0v) is 36.3. The standard InChI is InChI=1S/C54H48N2OSSi/c1-58(2,3)42-29-24-39(25-30-42)55(37-16-9-7-10-17-37)41-28-33-46-50-35-48-44-20-13-14-21-45(44)51(36-49(48)47-22-15-23-52(54(47)50)57-53(46)34-41)56(38-18-11-8-12-19-38)40-26-31-43(32-27-40)59(4,5)6/h7-36H,1-6H3. The van der Waals surface area contributed by atoms with Crippen molar-refractivity contribution in [1.29, 1.82) is 0 Å². The largest absolute Gasteiger partial charge is 0.456 e. The van der Waals surface area contributed by atoms with Crippen LogP contribution in [0, 0.1) is 0 Å². The van der Waals surface area contributed by atoms with Crippen molar-refractivity contribution < 1.29 is 4.74 Å². The fourth-order valence-electron chi connectivity index (χ4n) is 8.71. The number of rotatable bonds is 8. The van der Waals surface area contributed by atoms with Gasteiger partial charge in [0.1, 0.15) is 11.5 Å². The van der Waals surface area contributed by atoms with E-state index < -0.39 is 18.1 Å². The number of hydrogen-bond donors (Lipinski definition) is 0. The molecule has 0 atom stereocenters. The summed E-state index contributed by atoms with van der Waals surface area (Å²) in [5.74, 6) is 1.74. The number of para-hydroxylation sites is 2. The summed E-state index contributed by atoms with van der Waals surface area (Å²) in [6.07, 6.45) is 7.02. The van der Waals surface area contributed by atoms with Gasteiger partial charge in [-0.15, -0.1) is 0 Å². The third-order valence-corrected chi connectivity index (χ3v) is 15.5. The number of hydrogen-bond acceptors (Lipinski definition) is 3.